The average Bonchev–Trinajstić information content (AvgIpc) is 2.88. The molecular formula is C21H34BN3O6S. The highest BCUT2D eigenvalue weighted by molar-refractivity contribution is 7.91. The quantitative estimate of drug-likeness (QED) is 0.490. The summed E-state index contributed by atoms with van der Waals surface area (Å²) < 4.78 is 43.2. The van der Waals surface area contributed by atoms with Crippen LogP contribution in [0.2, 0.25) is 0 Å². The van der Waals surface area contributed by atoms with E-state index in [9.17, 15) is 13.2 Å². The third-order valence-electron chi connectivity index (χ3n) is 6.08. The highest BCUT2D eigenvalue weighted by Gasteiger charge is 2.52. The maximum Gasteiger partial charge on any atom is 0.498 e. The Balaban J connectivity index is 1.65. The minimum atomic E-state index is -3.71. The van der Waals surface area contributed by atoms with Crippen molar-refractivity contribution >= 4 is 28.5 Å². The van der Waals surface area contributed by atoms with Crippen molar-refractivity contribution in [1.29, 1.82) is 0 Å². The molecule has 0 aromatic carbocycles. The second-order valence-electron chi connectivity index (χ2n) is 10.6. The first kappa shape index (κ1) is 24.9. The highest BCUT2D eigenvalue weighted by Crippen LogP contribution is 2.36. The molecule has 0 saturated carbocycles. The maximum absolute atomic E-state index is 12.9. The van der Waals surface area contributed by atoms with Crippen molar-refractivity contribution in [2.75, 3.05) is 18.8 Å². The predicted octanol–water partition coefficient (Wildman–Crippen LogP) is 2.20. The van der Waals surface area contributed by atoms with Crippen molar-refractivity contribution in [3.05, 3.63) is 12.4 Å². The summed E-state index contributed by atoms with van der Waals surface area (Å²) in [6, 6.07) is 0. The molecule has 3 rings (SSSR count). The van der Waals surface area contributed by atoms with E-state index in [1.165, 1.54) is 12.4 Å². The number of aromatic nitrogens is 2. The number of carbonyl (C=O) groups is 1. The van der Waals surface area contributed by atoms with Crippen LogP contribution in [0.1, 0.15) is 61.3 Å². The second-order valence-corrected chi connectivity index (χ2v) is 12.5. The molecule has 0 unspecified atom stereocenters. The number of hydrogen-bond acceptors (Lipinski definition) is 8. The highest BCUT2D eigenvalue weighted by atomic mass is 32.2. The van der Waals surface area contributed by atoms with Gasteiger partial charge in [0.25, 0.3) is 0 Å². The zero-order valence-corrected chi connectivity index (χ0v) is 20.9. The molecule has 0 spiro atoms. The zero-order valence-electron chi connectivity index (χ0n) is 20.0. The van der Waals surface area contributed by atoms with Crippen LogP contribution < -0.4 is 5.46 Å². The minimum Gasteiger partial charge on any atom is -0.444 e. The molecule has 2 saturated heterocycles. The van der Waals surface area contributed by atoms with E-state index in [0.29, 0.717) is 25.0 Å². The molecule has 0 radical (unpaired) electrons. The lowest BCUT2D eigenvalue weighted by atomic mass is 9.81. The number of nitrogens with zero attached hydrogens (tertiary/aromatic N) is 3. The summed E-state index contributed by atoms with van der Waals surface area (Å²) in [4.78, 5) is 22.1. The lowest BCUT2D eigenvalue weighted by molar-refractivity contribution is 0.00578. The van der Waals surface area contributed by atoms with Gasteiger partial charge in [-0.2, -0.15) is 0 Å². The Morgan fingerprint density at radius 1 is 1.19 bits per heavy atom. The summed E-state index contributed by atoms with van der Waals surface area (Å²) in [6.45, 7) is 14.1. The van der Waals surface area contributed by atoms with Gasteiger partial charge in [0, 0.05) is 30.9 Å². The van der Waals surface area contributed by atoms with Crippen LogP contribution in [0.3, 0.4) is 0 Å². The molecule has 1 atom stereocenters. The lowest BCUT2D eigenvalue weighted by Gasteiger charge is -2.33. The van der Waals surface area contributed by atoms with Gasteiger partial charge < -0.3 is 18.9 Å². The van der Waals surface area contributed by atoms with Gasteiger partial charge in [0.1, 0.15) is 5.60 Å². The summed E-state index contributed by atoms with van der Waals surface area (Å²) in [6.07, 6.45) is 3.90. The van der Waals surface area contributed by atoms with Gasteiger partial charge in [0.05, 0.1) is 17.0 Å². The van der Waals surface area contributed by atoms with Crippen LogP contribution in [-0.4, -0.2) is 72.1 Å². The predicted molar refractivity (Wildman–Crippen MR) is 120 cm³/mol. The van der Waals surface area contributed by atoms with Crippen molar-refractivity contribution in [3.63, 3.8) is 0 Å². The number of rotatable bonds is 4. The van der Waals surface area contributed by atoms with Gasteiger partial charge in [-0.3, -0.25) is 0 Å². The molecule has 0 aliphatic carbocycles. The topological polar surface area (TPSA) is 108 Å². The summed E-state index contributed by atoms with van der Waals surface area (Å²) in [5, 5.41) is -0.229. The van der Waals surface area contributed by atoms with Gasteiger partial charge in [0.15, 0.2) is 0 Å². The van der Waals surface area contributed by atoms with E-state index in [4.69, 9.17) is 14.0 Å². The fraction of sp³-hybridized carbons (Fsp3) is 0.762. The van der Waals surface area contributed by atoms with Crippen LogP contribution in [0.4, 0.5) is 4.79 Å². The first-order valence-electron chi connectivity index (χ1n) is 11.0. The Labute approximate surface area is 191 Å². The third kappa shape index (κ3) is 5.61. The van der Waals surface area contributed by atoms with Crippen molar-refractivity contribution in [3.8, 4) is 0 Å². The maximum atomic E-state index is 12.9. The summed E-state index contributed by atoms with van der Waals surface area (Å²) in [5.74, 6) is -0.324. The normalized spacial score (nSPS) is 23.3. The molecule has 32 heavy (non-hydrogen) atoms. The Morgan fingerprint density at radius 3 is 2.28 bits per heavy atom. The van der Waals surface area contributed by atoms with Crippen molar-refractivity contribution in [2.24, 2.45) is 5.92 Å². The third-order valence-corrected chi connectivity index (χ3v) is 7.75. The van der Waals surface area contributed by atoms with E-state index in [0.717, 1.165) is 6.42 Å². The number of amides is 1. The first-order chi connectivity index (χ1) is 14.6. The number of piperidine rings is 1. The second kappa shape index (κ2) is 8.57. The Morgan fingerprint density at radius 2 is 1.75 bits per heavy atom. The largest absolute Gasteiger partial charge is 0.498 e. The summed E-state index contributed by atoms with van der Waals surface area (Å²) >= 11 is 0. The van der Waals surface area contributed by atoms with Crippen molar-refractivity contribution in [1.82, 2.24) is 14.9 Å². The van der Waals surface area contributed by atoms with Gasteiger partial charge in [-0.15, -0.1) is 0 Å². The summed E-state index contributed by atoms with van der Waals surface area (Å²) in [7, 11) is -4.37. The monoisotopic (exact) mass is 467 g/mol. The SMILES string of the molecule is CC(C)(C)OC(=O)N1CCC[C@H](CS(=O)(=O)c2ncc(B3OC(C)(C)C(C)(C)O3)cn2)C1. The number of hydrogen-bond donors (Lipinski definition) is 0. The molecule has 1 aromatic heterocycles. The van der Waals surface area contributed by atoms with Crippen molar-refractivity contribution in [2.45, 2.75) is 83.3 Å². The standard InChI is InChI=1S/C21H34BN3O6S/c1-19(2,3)29-18(26)25-10-8-9-15(13-25)14-32(27,28)17-23-11-16(12-24-17)22-30-20(4,5)21(6,7)31-22/h11-12,15H,8-10,13-14H2,1-7H3/t15-/m0/s1. The van der Waals surface area contributed by atoms with Gasteiger partial charge >= 0.3 is 13.2 Å². The molecule has 11 heteroatoms. The van der Waals surface area contributed by atoms with Crippen LogP contribution in [0.25, 0.3) is 0 Å². The van der Waals surface area contributed by atoms with Gasteiger partial charge in [0.2, 0.25) is 15.0 Å². The minimum absolute atomic E-state index is 0.123. The van der Waals surface area contributed by atoms with E-state index < -0.39 is 39.9 Å². The lowest BCUT2D eigenvalue weighted by Crippen LogP contribution is -2.44. The number of carbonyl (C=O) groups excluding carboxylic acids is 1. The molecular weight excluding hydrogens is 433 g/mol. The Kier molecular flexibility index (Phi) is 6.67. The fourth-order valence-corrected chi connectivity index (χ4v) is 5.13. The van der Waals surface area contributed by atoms with E-state index in [1.807, 2.05) is 27.7 Å². The molecule has 9 nitrogen and oxygen atoms in total. The molecule has 1 aromatic rings. The van der Waals surface area contributed by atoms with Crippen LogP contribution >= 0.6 is 0 Å². The zero-order chi connectivity index (χ0) is 23.9. The van der Waals surface area contributed by atoms with E-state index >= 15 is 0 Å². The molecule has 2 fully saturated rings. The van der Waals surface area contributed by atoms with Gasteiger partial charge in [-0.25, -0.2) is 23.2 Å². The van der Waals surface area contributed by atoms with Crippen LogP contribution in [0.15, 0.2) is 17.6 Å². The van der Waals surface area contributed by atoms with Crippen LogP contribution in [0, 0.1) is 5.92 Å². The molecule has 0 bridgehead atoms. The Bertz CT molecular complexity index is 927. The molecule has 1 amide bonds. The fourth-order valence-electron chi connectivity index (χ4n) is 3.67. The van der Waals surface area contributed by atoms with Gasteiger partial charge in [-0.1, -0.05) is 0 Å². The molecule has 2 aliphatic heterocycles. The summed E-state index contributed by atoms with van der Waals surface area (Å²) in [5.41, 5.74) is -1.05. The number of ether oxygens (including phenoxy) is 1. The van der Waals surface area contributed by atoms with Crippen LogP contribution in [-0.2, 0) is 23.9 Å². The molecule has 3 heterocycles. The van der Waals surface area contributed by atoms with Crippen molar-refractivity contribution < 1.29 is 27.3 Å². The van der Waals surface area contributed by atoms with E-state index in [1.54, 1.807) is 25.7 Å². The molecule has 2 aliphatic rings. The van der Waals surface area contributed by atoms with E-state index in [-0.39, 0.29) is 16.8 Å². The average molecular weight is 467 g/mol. The van der Waals surface area contributed by atoms with Crippen LogP contribution in [0.5, 0.6) is 0 Å². The van der Waals surface area contributed by atoms with E-state index in [2.05, 4.69) is 9.97 Å². The molecule has 0 N–H and O–H groups in total. The van der Waals surface area contributed by atoms with Gasteiger partial charge in [-0.05, 0) is 67.2 Å². The smallest absolute Gasteiger partial charge is 0.444 e. The number of sulfone groups is 1. The molecule has 178 valence electrons. The Hall–Kier alpha value is -1.72. The first-order valence-corrected chi connectivity index (χ1v) is 12.6. The number of likely N-dealkylation sites (tertiary alicyclic amines) is 1.